The third kappa shape index (κ3) is 3.45. The van der Waals surface area contributed by atoms with Gasteiger partial charge in [-0.2, -0.15) is 0 Å². The van der Waals surface area contributed by atoms with Crippen LogP contribution in [-0.4, -0.2) is 48.8 Å². The van der Waals surface area contributed by atoms with Gasteiger partial charge in [0.15, 0.2) is 0 Å². The molecule has 0 radical (unpaired) electrons. The number of aliphatic hydroxyl groups is 1. The summed E-state index contributed by atoms with van der Waals surface area (Å²) >= 11 is 0. The van der Waals surface area contributed by atoms with E-state index in [9.17, 15) is 4.79 Å². The van der Waals surface area contributed by atoms with E-state index in [1.807, 2.05) is 29.2 Å². The van der Waals surface area contributed by atoms with Crippen molar-refractivity contribution >= 4 is 5.91 Å². The fourth-order valence-electron chi connectivity index (χ4n) is 1.91. The summed E-state index contributed by atoms with van der Waals surface area (Å²) in [4.78, 5) is 13.5. The lowest BCUT2D eigenvalue weighted by Gasteiger charge is -2.35. The zero-order valence-electron chi connectivity index (χ0n) is 10.4. The van der Waals surface area contributed by atoms with Gasteiger partial charge in [0.1, 0.15) is 5.75 Å². The fourth-order valence-corrected chi connectivity index (χ4v) is 1.91. The number of ether oxygens (including phenoxy) is 1. The van der Waals surface area contributed by atoms with Crippen LogP contribution in [0.15, 0.2) is 24.3 Å². The molecule has 0 aliphatic carbocycles. The second-order valence-corrected chi connectivity index (χ2v) is 4.48. The zero-order chi connectivity index (χ0) is 13.0. The molecule has 1 fully saturated rings. The molecule has 1 aromatic carbocycles. The van der Waals surface area contributed by atoms with Gasteiger partial charge in [0.05, 0.1) is 19.8 Å². The molecule has 1 aliphatic heterocycles. The molecule has 0 atom stereocenters. The first-order valence-corrected chi connectivity index (χ1v) is 5.97. The van der Waals surface area contributed by atoms with E-state index in [4.69, 9.17) is 9.84 Å². The first kappa shape index (κ1) is 12.9. The largest absolute Gasteiger partial charge is 0.497 e. The second-order valence-electron chi connectivity index (χ2n) is 4.48. The van der Waals surface area contributed by atoms with Crippen LogP contribution in [0.3, 0.4) is 0 Å². The molecule has 1 aromatic rings. The van der Waals surface area contributed by atoms with E-state index in [2.05, 4.69) is 5.32 Å². The van der Waals surface area contributed by atoms with E-state index in [1.165, 1.54) is 0 Å². The molecule has 0 spiro atoms. The Hall–Kier alpha value is -1.59. The van der Waals surface area contributed by atoms with Crippen molar-refractivity contribution in [3.8, 4) is 5.75 Å². The standard InChI is InChI=1S/C13H18N2O3/c1-18-12-4-2-3-10(5-12)6-14-13(17)9-15-7-11(16)8-15/h2-5,11,16H,6-9H2,1H3,(H,14,17). The van der Waals surface area contributed by atoms with E-state index >= 15 is 0 Å². The van der Waals surface area contributed by atoms with E-state index in [0.717, 1.165) is 11.3 Å². The number of aliphatic hydroxyl groups excluding tert-OH is 1. The van der Waals surface area contributed by atoms with Crippen LogP contribution in [0.25, 0.3) is 0 Å². The molecule has 0 saturated carbocycles. The van der Waals surface area contributed by atoms with Gasteiger partial charge in [0.25, 0.3) is 0 Å². The molecule has 0 aromatic heterocycles. The van der Waals surface area contributed by atoms with Gasteiger partial charge < -0.3 is 15.2 Å². The number of amides is 1. The summed E-state index contributed by atoms with van der Waals surface area (Å²) in [5.41, 5.74) is 1.01. The first-order valence-electron chi connectivity index (χ1n) is 5.97. The number of nitrogens with one attached hydrogen (secondary N) is 1. The molecule has 5 heteroatoms. The third-order valence-corrected chi connectivity index (χ3v) is 2.93. The van der Waals surface area contributed by atoms with Gasteiger partial charge >= 0.3 is 0 Å². The number of nitrogens with zero attached hydrogens (tertiary/aromatic N) is 1. The van der Waals surface area contributed by atoms with Gasteiger partial charge in [-0.3, -0.25) is 9.69 Å². The molecule has 98 valence electrons. The van der Waals surface area contributed by atoms with Gasteiger partial charge in [-0.05, 0) is 17.7 Å². The number of rotatable bonds is 5. The topological polar surface area (TPSA) is 61.8 Å². The number of hydrogen-bond acceptors (Lipinski definition) is 4. The summed E-state index contributed by atoms with van der Waals surface area (Å²) in [6.07, 6.45) is -0.267. The molecular formula is C13H18N2O3. The molecule has 1 heterocycles. The molecule has 1 amide bonds. The Morgan fingerprint density at radius 1 is 1.56 bits per heavy atom. The summed E-state index contributed by atoms with van der Waals surface area (Å²) in [5, 5.41) is 12.0. The maximum Gasteiger partial charge on any atom is 0.234 e. The highest BCUT2D eigenvalue weighted by Gasteiger charge is 2.25. The lowest BCUT2D eigenvalue weighted by molar-refractivity contribution is -0.125. The molecule has 1 aliphatic rings. The van der Waals surface area contributed by atoms with Crippen LogP contribution in [0.2, 0.25) is 0 Å². The molecular weight excluding hydrogens is 232 g/mol. The van der Waals surface area contributed by atoms with Crippen LogP contribution in [0.4, 0.5) is 0 Å². The summed E-state index contributed by atoms with van der Waals surface area (Å²) in [7, 11) is 1.62. The molecule has 2 rings (SSSR count). The minimum Gasteiger partial charge on any atom is -0.497 e. The highest BCUT2D eigenvalue weighted by Crippen LogP contribution is 2.12. The quantitative estimate of drug-likeness (QED) is 0.771. The van der Waals surface area contributed by atoms with Gasteiger partial charge in [-0.15, -0.1) is 0 Å². The number of methoxy groups -OCH3 is 1. The molecule has 0 unspecified atom stereocenters. The van der Waals surface area contributed by atoms with Crippen LogP contribution in [0.5, 0.6) is 5.75 Å². The third-order valence-electron chi connectivity index (χ3n) is 2.93. The SMILES string of the molecule is COc1cccc(CNC(=O)CN2CC(O)C2)c1. The van der Waals surface area contributed by atoms with Crippen molar-refractivity contribution in [3.63, 3.8) is 0 Å². The summed E-state index contributed by atoms with van der Waals surface area (Å²) in [6, 6.07) is 7.60. The van der Waals surface area contributed by atoms with Crippen LogP contribution >= 0.6 is 0 Å². The lowest BCUT2D eigenvalue weighted by atomic mass is 10.2. The Labute approximate surface area is 106 Å². The van der Waals surface area contributed by atoms with Crippen LogP contribution < -0.4 is 10.1 Å². The molecule has 1 saturated heterocycles. The predicted octanol–water partition coefficient (Wildman–Crippen LogP) is -0.0121. The van der Waals surface area contributed by atoms with Crippen molar-refractivity contribution in [3.05, 3.63) is 29.8 Å². The number of carbonyl (C=O) groups is 1. The van der Waals surface area contributed by atoms with E-state index in [-0.39, 0.29) is 12.0 Å². The average Bonchev–Trinajstić information content (AvgIpc) is 2.35. The van der Waals surface area contributed by atoms with Gasteiger partial charge in [-0.25, -0.2) is 0 Å². The van der Waals surface area contributed by atoms with Gasteiger partial charge in [0.2, 0.25) is 5.91 Å². The normalized spacial score (nSPS) is 16.1. The first-order chi connectivity index (χ1) is 8.67. The molecule has 2 N–H and O–H groups in total. The monoisotopic (exact) mass is 250 g/mol. The van der Waals surface area contributed by atoms with Crippen LogP contribution in [0, 0.1) is 0 Å². The molecule has 18 heavy (non-hydrogen) atoms. The highest BCUT2D eigenvalue weighted by molar-refractivity contribution is 5.78. The minimum atomic E-state index is -0.267. The lowest BCUT2D eigenvalue weighted by Crippen LogP contribution is -2.53. The van der Waals surface area contributed by atoms with Crippen molar-refractivity contribution in [1.82, 2.24) is 10.2 Å². The highest BCUT2D eigenvalue weighted by atomic mass is 16.5. The molecule has 0 bridgehead atoms. The van der Waals surface area contributed by atoms with E-state index < -0.39 is 0 Å². The zero-order valence-corrected chi connectivity index (χ0v) is 10.4. The molecule has 5 nitrogen and oxygen atoms in total. The predicted molar refractivity (Wildman–Crippen MR) is 67.3 cm³/mol. The van der Waals surface area contributed by atoms with Crippen LogP contribution in [0.1, 0.15) is 5.56 Å². The maximum atomic E-state index is 11.6. The summed E-state index contributed by atoms with van der Waals surface area (Å²) in [6.45, 7) is 2.02. The Morgan fingerprint density at radius 3 is 3.00 bits per heavy atom. The Morgan fingerprint density at radius 2 is 2.33 bits per heavy atom. The minimum absolute atomic E-state index is 0.0234. The maximum absolute atomic E-state index is 11.6. The Kier molecular flexibility index (Phi) is 4.17. The second kappa shape index (κ2) is 5.84. The van der Waals surface area contributed by atoms with Crippen molar-refractivity contribution < 1.29 is 14.6 Å². The van der Waals surface area contributed by atoms with Crippen LogP contribution in [-0.2, 0) is 11.3 Å². The van der Waals surface area contributed by atoms with Crippen molar-refractivity contribution in [1.29, 1.82) is 0 Å². The van der Waals surface area contributed by atoms with E-state index in [0.29, 0.717) is 26.2 Å². The Bertz CT molecular complexity index is 416. The smallest absolute Gasteiger partial charge is 0.234 e. The Balaban J connectivity index is 1.74. The number of benzene rings is 1. The summed E-state index contributed by atoms with van der Waals surface area (Å²) < 4.78 is 5.12. The van der Waals surface area contributed by atoms with E-state index in [1.54, 1.807) is 7.11 Å². The van der Waals surface area contributed by atoms with Crippen molar-refractivity contribution in [2.24, 2.45) is 0 Å². The summed E-state index contributed by atoms with van der Waals surface area (Å²) in [5.74, 6) is 0.761. The number of β-amino-alcohol motifs (C(OH)–C–C–N with tert-alkyl or cyclic N) is 1. The number of likely N-dealkylation sites (tertiary alicyclic amines) is 1. The fraction of sp³-hybridized carbons (Fsp3) is 0.462. The average molecular weight is 250 g/mol. The van der Waals surface area contributed by atoms with Gasteiger partial charge in [-0.1, -0.05) is 12.1 Å². The van der Waals surface area contributed by atoms with Crippen molar-refractivity contribution in [2.45, 2.75) is 12.6 Å². The van der Waals surface area contributed by atoms with Crippen molar-refractivity contribution in [2.75, 3.05) is 26.7 Å². The number of hydrogen-bond donors (Lipinski definition) is 2. The number of carbonyl (C=O) groups excluding carboxylic acids is 1. The van der Waals surface area contributed by atoms with Gasteiger partial charge in [0, 0.05) is 19.6 Å².